The van der Waals surface area contributed by atoms with Gasteiger partial charge in [-0.1, -0.05) is 55.8 Å². The number of anilines is 7. The number of fused-ring (bicyclic) bond motifs is 1. The van der Waals surface area contributed by atoms with Crippen molar-refractivity contribution in [2.45, 2.75) is 95.4 Å². The third-order valence-electron chi connectivity index (χ3n) is 12.4. The van der Waals surface area contributed by atoms with Gasteiger partial charge in [-0.05, 0) is 126 Å². The van der Waals surface area contributed by atoms with E-state index >= 15 is 0 Å². The Balaban J connectivity index is 0.000000188. The fourth-order valence-corrected chi connectivity index (χ4v) is 9.99. The van der Waals surface area contributed by atoms with Crippen LogP contribution < -0.4 is 41.4 Å². The molecule has 362 valence electrons. The number of hydrogen-bond acceptors (Lipinski definition) is 13. The van der Waals surface area contributed by atoms with Crippen LogP contribution in [0.4, 0.5) is 40.5 Å². The van der Waals surface area contributed by atoms with Crippen LogP contribution in [-0.2, 0) is 10.8 Å². The summed E-state index contributed by atoms with van der Waals surface area (Å²) in [4.78, 5) is 24.8. The van der Waals surface area contributed by atoms with Gasteiger partial charge in [-0.15, -0.1) is 0 Å². The quantitative estimate of drug-likeness (QED) is 0.0607. The molecule has 7 N–H and O–H groups in total. The molecule has 0 bridgehead atoms. The number of halogens is 1. The van der Waals surface area contributed by atoms with Gasteiger partial charge in [0.15, 0.2) is 0 Å². The van der Waals surface area contributed by atoms with Crippen molar-refractivity contribution in [2.24, 2.45) is 5.73 Å². The molecule has 5 heterocycles. The molecule has 16 heteroatoms. The monoisotopic (exact) mass is 969 g/mol. The molecule has 0 amide bonds. The van der Waals surface area contributed by atoms with E-state index in [-0.39, 0.29) is 11.4 Å². The molecule has 7 aromatic rings. The second kappa shape index (κ2) is 22.4. The Hall–Kier alpha value is -6.26. The summed E-state index contributed by atoms with van der Waals surface area (Å²) in [5.41, 5.74) is 15.7. The van der Waals surface area contributed by atoms with Crippen LogP contribution in [0, 0.1) is 13.8 Å². The van der Waals surface area contributed by atoms with Crippen LogP contribution in [-0.4, -0.2) is 79.8 Å². The molecule has 0 spiro atoms. The minimum atomic E-state index is -1.12. The number of nitrogens with one attached hydrogen (secondary N) is 5. The molecular weight excluding hydrogens is 906 g/mol. The summed E-state index contributed by atoms with van der Waals surface area (Å²) in [5, 5.41) is 15.1. The molecular formula is C53H64ClN11O3S. The molecule has 0 saturated carbocycles. The predicted molar refractivity (Wildman–Crippen MR) is 283 cm³/mol. The number of nitrogens with zero attached hydrogens (tertiary/aromatic N) is 5. The number of piperidine rings is 2. The highest BCUT2D eigenvalue weighted by Gasteiger charge is 2.22. The fourth-order valence-electron chi connectivity index (χ4n) is 8.74. The van der Waals surface area contributed by atoms with E-state index in [4.69, 9.17) is 36.8 Å². The highest BCUT2D eigenvalue weighted by molar-refractivity contribution is 7.85. The van der Waals surface area contributed by atoms with Crippen LogP contribution >= 0.6 is 11.6 Å². The number of nitrogens with two attached hydrogens (primary N) is 1. The lowest BCUT2D eigenvalue weighted by Gasteiger charge is -2.32. The van der Waals surface area contributed by atoms with Gasteiger partial charge in [0, 0.05) is 70.6 Å². The molecule has 1 atom stereocenters. The summed E-state index contributed by atoms with van der Waals surface area (Å²) in [7, 11) is 0.541. The second-order valence-corrected chi connectivity index (χ2v) is 20.6. The molecule has 0 aliphatic carbocycles. The van der Waals surface area contributed by atoms with E-state index in [1.165, 1.54) is 11.1 Å². The fraction of sp³-hybridized carbons (Fsp3) is 0.358. The number of rotatable bonds is 14. The number of methoxy groups -OCH3 is 1. The predicted octanol–water partition coefficient (Wildman–Crippen LogP) is 11.3. The van der Waals surface area contributed by atoms with E-state index in [1.54, 1.807) is 19.5 Å². The van der Waals surface area contributed by atoms with Crippen molar-refractivity contribution in [3.8, 4) is 22.8 Å². The number of para-hydroxylation sites is 2. The van der Waals surface area contributed by atoms with Crippen molar-refractivity contribution in [1.82, 2.24) is 30.2 Å². The Morgan fingerprint density at radius 3 is 2.26 bits per heavy atom. The molecule has 4 aromatic carbocycles. The van der Waals surface area contributed by atoms with Crippen LogP contribution in [0.25, 0.3) is 22.2 Å². The van der Waals surface area contributed by atoms with Gasteiger partial charge in [0.05, 0.1) is 62.9 Å². The topological polar surface area (TPSA) is 180 Å². The van der Waals surface area contributed by atoms with Crippen molar-refractivity contribution >= 4 is 73.8 Å². The summed E-state index contributed by atoms with van der Waals surface area (Å²) >= 11 is 6.46. The maximum atomic E-state index is 12.9. The molecule has 2 aliphatic heterocycles. The van der Waals surface area contributed by atoms with Gasteiger partial charge in [-0.25, -0.2) is 15.0 Å². The summed E-state index contributed by atoms with van der Waals surface area (Å²) in [6.45, 7) is 16.1. The zero-order chi connectivity index (χ0) is 48.6. The molecule has 3 aromatic heterocycles. The van der Waals surface area contributed by atoms with Gasteiger partial charge in [0.1, 0.15) is 17.3 Å². The maximum Gasteiger partial charge on any atom is 0.229 e. The highest BCUT2D eigenvalue weighted by atomic mass is 35.5. The van der Waals surface area contributed by atoms with Gasteiger partial charge in [-0.2, -0.15) is 4.98 Å². The molecule has 1 unspecified atom stereocenters. The van der Waals surface area contributed by atoms with Crippen LogP contribution in [0.5, 0.6) is 11.5 Å². The Kier molecular flexibility index (Phi) is 16.0. The molecule has 2 saturated heterocycles. The van der Waals surface area contributed by atoms with E-state index in [0.29, 0.717) is 40.4 Å². The highest BCUT2D eigenvalue weighted by Crippen LogP contribution is 2.39. The largest absolute Gasteiger partial charge is 0.494 e. The molecule has 2 fully saturated rings. The van der Waals surface area contributed by atoms with Gasteiger partial charge >= 0.3 is 0 Å². The number of ether oxygens (including phenoxy) is 2. The maximum absolute atomic E-state index is 12.9. The SMILES string of the molecule is COc1cc(N2CCC(N)CC2)ccc1Nc1ncc(Cl)c(-c2c[nH]c3ccccc23)n1.Cc1cc(Nc2ncc(C)c(Nc3ccccc3S(=O)C(C)C)n2)c(OC(C)C)cc1C1CCNCC1. The third-order valence-corrected chi connectivity index (χ3v) is 14.4. The van der Waals surface area contributed by atoms with Gasteiger partial charge < -0.3 is 46.4 Å². The summed E-state index contributed by atoms with van der Waals surface area (Å²) < 4.78 is 24.7. The van der Waals surface area contributed by atoms with Crippen molar-refractivity contribution in [3.63, 3.8) is 0 Å². The van der Waals surface area contributed by atoms with E-state index in [9.17, 15) is 4.21 Å². The Morgan fingerprint density at radius 2 is 1.51 bits per heavy atom. The zero-order valence-electron chi connectivity index (χ0n) is 40.5. The van der Waals surface area contributed by atoms with E-state index < -0.39 is 10.8 Å². The van der Waals surface area contributed by atoms with Crippen LogP contribution in [0.2, 0.25) is 5.02 Å². The average Bonchev–Trinajstić information content (AvgIpc) is 3.78. The van der Waals surface area contributed by atoms with Gasteiger partial charge in [0.2, 0.25) is 11.9 Å². The first-order valence-corrected chi connectivity index (χ1v) is 25.4. The smallest absolute Gasteiger partial charge is 0.229 e. The molecule has 0 radical (unpaired) electrons. The van der Waals surface area contributed by atoms with Crippen LogP contribution in [0.3, 0.4) is 0 Å². The Bertz CT molecular complexity index is 2900. The van der Waals surface area contributed by atoms with Crippen LogP contribution in [0.15, 0.2) is 102 Å². The second-order valence-electron chi connectivity index (χ2n) is 18.2. The van der Waals surface area contributed by atoms with Crippen molar-refractivity contribution in [1.29, 1.82) is 0 Å². The number of aromatic amines is 1. The molecule has 69 heavy (non-hydrogen) atoms. The summed E-state index contributed by atoms with van der Waals surface area (Å²) in [5.74, 6) is 3.66. The number of H-pyrrole nitrogens is 1. The lowest BCUT2D eigenvalue weighted by molar-refractivity contribution is 0.243. The number of aromatic nitrogens is 5. The van der Waals surface area contributed by atoms with Crippen molar-refractivity contribution < 1.29 is 13.7 Å². The van der Waals surface area contributed by atoms with E-state index in [1.807, 2.05) is 101 Å². The lowest BCUT2D eigenvalue weighted by Crippen LogP contribution is -2.39. The molecule has 14 nitrogen and oxygen atoms in total. The average molecular weight is 971 g/mol. The molecule has 9 rings (SSSR count). The van der Waals surface area contributed by atoms with Crippen molar-refractivity contribution in [3.05, 3.63) is 119 Å². The first kappa shape index (κ1) is 49.2. The first-order chi connectivity index (χ1) is 33.3. The minimum absolute atomic E-state index is 0.0159. The zero-order valence-corrected chi connectivity index (χ0v) is 42.1. The summed E-state index contributed by atoms with van der Waals surface area (Å²) in [6.07, 6.45) is 9.63. The number of benzene rings is 4. The van der Waals surface area contributed by atoms with E-state index in [2.05, 4.69) is 66.2 Å². The Morgan fingerprint density at radius 1 is 0.797 bits per heavy atom. The molecule has 2 aliphatic rings. The van der Waals surface area contributed by atoms with E-state index in [0.717, 1.165) is 113 Å². The summed E-state index contributed by atoms with van der Waals surface area (Å²) in [6, 6.07) is 26.5. The number of aryl methyl sites for hydroxylation is 2. The lowest BCUT2D eigenvalue weighted by atomic mass is 9.87. The third kappa shape index (κ3) is 12.0. The standard InChI is InChI=1S/C29H39N5O2S.C24H25ClN6O/c1-18(2)36-26-16-23(22-11-13-30-14-12-22)20(5)15-25(26)33-29-31-17-21(6)28(34-29)32-24-9-7-8-10-27(24)37(35)19(3)4;1-32-22-12-16(31-10-8-15(26)9-11-31)6-7-21(22)29-24-28-14-19(25)23(30-24)18-13-27-20-5-3-2-4-17(18)20/h7-10,15-19,22,30H,11-14H2,1-6H3,(H2,31,32,33,34);2-7,12-15,27H,8-11,26H2,1H3,(H,28,29,30). The van der Waals surface area contributed by atoms with Crippen LogP contribution in [0.1, 0.15) is 76.0 Å². The Labute approximate surface area is 413 Å². The van der Waals surface area contributed by atoms with Crippen molar-refractivity contribution in [2.75, 3.05) is 54.1 Å². The number of hydrogen-bond donors (Lipinski definition) is 6. The van der Waals surface area contributed by atoms with Gasteiger partial charge in [0.25, 0.3) is 0 Å². The normalized spacial score (nSPS) is 14.9. The van der Waals surface area contributed by atoms with Gasteiger partial charge in [-0.3, -0.25) is 4.21 Å². The minimum Gasteiger partial charge on any atom is -0.494 e. The first-order valence-electron chi connectivity index (χ1n) is 23.8.